The zero-order chi connectivity index (χ0) is 10.1. The van der Waals surface area contributed by atoms with Crippen molar-refractivity contribution in [2.45, 2.75) is 10.8 Å². The molecular formula is C10H7ClOS2. The molecule has 0 N–H and O–H groups in total. The molecule has 14 heavy (non-hydrogen) atoms. The van der Waals surface area contributed by atoms with Gasteiger partial charge in [-0.1, -0.05) is 0 Å². The first-order chi connectivity index (χ1) is 6.77. The zero-order valence-corrected chi connectivity index (χ0v) is 9.63. The summed E-state index contributed by atoms with van der Waals surface area (Å²) in [6.45, 7) is 0. The van der Waals surface area contributed by atoms with E-state index in [-0.39, 0.29) is 0 Å². The molecule has 0 spiro atoms. The lowest BCUT2D eigenvalue weighted by molar-refractivity contribution is 0.112. The van der Waals surface area contributed by atoms with Crippen molar-refractivity contribution in [3.63, 3.8) is 0 Å². The summed E-state index contributed by atoms with van der Waals surface area (Å²) in [7, 11) is 0. The number of benzene rings is 1. The smallest absolute Gasteiger partial charge is 0.151 e. The van der Waals surface area contributed by atoms with Crippen LogP contribution in [0.1, 0.15) is 15.9 Å². The minimum atomic E-state index is 0.320. The van der Waals surface area contributed by atoms with E-state index in [0.29, 0.717) is 11.4 Å². The van der Waals surface area contributed by atoms with Gasteiger partial charge in [0.15, 0.2) is 6.29 Å². The Kier molecular flexibility index (Phi) is 2.81. The molecule has 0 fully saturated rings. The third-order valence-electron chi connectivity index (χ3n) is 2.12. The molecule has 1 nitrogen and oxygen atoms in total. The van der Waals surface area contributed by atoms with Gasteiger partial charge in [-0.3, -0.25) is 4.79 Å². The van der Waals surface area contributed by atoms with Crippen molar-refractivity contribution < 1.29 is 4.79 Å². The van der Waals surface area contributed by atoms with Crippen molar-refractivity contribution in [2.24, 2.45) is 0 Å². The van der Waals surface area contributed by atoms with Crippen LogP contribution >= 0.6 is 35.6 Å². The lowest BCUT2D eigenvalue weighted by Gasteiger charge is -2.05. The van der Waals surface area contributed by atoms with Crippen molar-refractivity contribution in [1.82, 2.24) is 0 Å². The van der Waals surface area contributed by atoms with Crippen LogP contribution in [-0.4, -0.2) is 6.29 Å². The van der Waals surface area contributed by atoms with Crippen LogP contribution in [0.15, 0.2) is 22.4 Å². The molecule has 0 radical (unpaired) electrons. The highest BCUT2D eigenvalue weighted by molar-refractivity contribution is 7.80. The maximum atomic E-state index is 11.0. The van der Waals surface area contributed by atoms with E-state index in [1.165, 1.54) is 0 Å². The summed E-state index contributed by atoms with van der Waals surface area (Å²) in [4.78, 5) is 11.7. The molecule has 0 aliphatic carbocycles. The van der Waals surface area contributed by atoms with Crippen molar-refractivity contribution in [1.29, 1.82) is 0 Å². The van der Waals surface area contributed by atoms with E-state index in [4.69, 9.17) is 11.6 Å². The van der Waals surface area contributed by atoms with Crippen molar-refractivity contribution >= 4 is 51.9 Å². The number of thiophene rings is 1. The maximum absolute atomic E-state index is 11.0. The number of rotatable bonds is 2. The van der Waals surface area contributed by atoms with Crippen LogP contribution in [0.2, 0.25) is 0 Å². The Morgan fingerprint density at radius 3 is 3.00 bits per heavy atom. The second-order valence-corrected chi connectivity index (χ2v) is 4.54. The monoisotopic (exact) mass is 242 g/mol. The van der Waals surface area contributed by atoms with E-state index in [0.717, 1.165) is 26.8 Å². The van der Waals surface area contributed by atoms with Gasteiger partial charge in [-0.2, -0.15) is 0 Å². The lowest BCUT2D eigenvalue weighted by atomic mass is 10.1. The minimum Gasteiger partial charge on any atom is -0.298 e. The second-order valence-electron chi connectivity index (χ2n) is 2.88. The highest BCUT2D eigenvalue weighted by atomic mass is 35.5. The molecule has 0 unspecified atom stereocenters. The van der Waals surface area contributed by atoms with Gasteiger partial charge in [-0.25, -0.2) is 0 Å². The third kappa shape index (κ3) is 1.45. The van der Waals surface area contributed by atoms with Crippen LogP contribution in [0.25, 0.3) is 10.1 Å². The number of thiol groups is 1. The van der Waals surface area contributed by atoms with Crippen LogP contribution < -0.4 is 0 Å². The first kappa shape index (κ1) is 10.0. The highest BCUT2D eigenvalue weighted by Gasteiger charge is 2.10. The molecule has 0 atom stereocenters. The van der Waals surface area contributed by atoms with Crippen LogP contribution in [0.5, 0.6) is 0 Å². The fraction of sp³-hybridized carbons (Fsp3) is 0.100. The number of halogens is 1. The number of aldehydes is 1. The molecule has 4 heteroatoms. The lowest BCUT2D eigenvalue weighted by Crippen LogP contribution is -1.91. The van der Waals surface area contributed by atoms with E-state index in [1.807, 2.05) is 17.5 Å². The van der Waals surface area contributed by atoms with Crippen LogP contribution in [-0.2, 0) is 5.88 Å². The molecule has 1 aromatic carbocycles. The van der Waals surface area contributed by atoms with Crippen LogP contribution in [0.3, 0.4) is 0 Å². The summed E-state index contributed by atoms with van der Waals surface area (Å²) in [5.41, 5.74) is 1.50. The molecule has 0 aliphatic heterocycles. The Balaban J connectivity index is 2.88. The van der Waals surface area contributed by atoms with Gasteiger partial charge >= 0.3 is 0 Å². The number of hydrogen-bond acceptors (Lipinski definition) is 3. The quantitative estimate of drug-likeness (QED) is 0.482. The zero-order valence-electron chi connectivity index (χ0n) is 7.16. The van der Waals surface area contributed by atoms with Gasteiger partial charge in [0, 0.05) is 21.0 Å². The van der Waals surface area contributed by atoms with E-state index in [1.54, 1.807) is 11.3 Å². The minimum absolute atomic E-state index is 0.320. The van der Waals surface area contributed by atoms with Gasteiger partial charge in [0.25, 0.3) is 0 Å². The molecule has 0 bridgehead atoms. The summed E-state index contributed by atoms with van der Waals surface area (Å²) in [6, 6.07) is 3.92. The molecule has 0 saturated heterocycles. The molecule has 0 amide bonds. The van der Waals surface area contributed by atoms with Gasteiger partial charge in [-0.15, -0.1) is 35.6 Å². The SMILES string of the molecule is O=Cc1c(CCl)c(S)cc2ccsc12. The summed E-state index contributed by atoms with van der Waals surface area (Å²) >= 11 is 11.6. The number of carbonyl (C=O) groups is 1. The normalized spacial score (nSPS) is 10.7. The molecule has 0 aliphatic rings. The number of alkyl halides is 1. The average molecular weight is 243 g/mol. The summed E-state index contributed by atoms with van der Waals surface area (Å²) in [6.07, 6.45) is 0.857. The molecule has 1 heterocycles. The number of fused-ring (bicyclic) bond motifs is 1. The van der Waals surface area contributed by atoms with E-state index >= 15 is 0 Å². The highest BCUT2D eigenvalue weighted by Crippen LogP contribution is 2.31. The second kappa shape index (κ2) is 3.93. The largest absolute Gasteiger partial charge is 0.298 e. The van der Waals surface area contributed by atoms with Gasteiger partial charge in [0.05, 0.1) is 0 Å². The fourth-order valence-corrected chi connectivity index (χ4v) is 3.06. The van der Waals surface area contributed by atoms with Crippen LogP contribution in [0.4, 0.5) is 0 Å². The molecule has 72 valence electrons. The number of hydrogen-bond donors (Lipinski definition) is 1. The summed E-state index contributed by atoms with van der Waals surface area (Å²) < 4.78 is 0.994. The topological polar surface area (TPSA) is 17.1 Å². The Bertz CT molecular complexity index is 490. The molecule has 0 saturated carbocycles. The Labute approximate surface area is 96.1 Å². The molecular weight excluding hydrogens is 236 g/mol. The Hall–Kier alpha value is -0.510. The van der Waals surface area contributed by atoms with E-state index in [2.05, 4.69) is 12.6 Å². The maximum Gasteiger partial charge on any atom is 0.151 e. The predicted molar refractivity (Wildman–Crippen MR) is 64.0 cm³/mol. The molecule has 2 rings (SSSR count). The third-order valence-corrected chi connectivity index (χ3v) is 3.75. The fourth-order valence-electron chi connectivity index (χ4n) is 1.43. The van der Waals surface area contributed by atoms with E-state index < -0.39 is 0 Å². The predicted octanol–water partition coefficient (Wildman–Crippen LogP) is 3.74. The summed E-state index contributed by atoms with van der Waals surface area (Å²) in [5, 5.41) is 3.01. The molecule has 1 aromatic heterocycles. The molecule has 2 aromatic rings. The Morgan fingerprint density at radius 2 is 2.36 bits per heavy atom. The van der Waals surface area contributed by atoms with Gasteiger partial charge in [0.2, 0.25) is 0 Å². The van der Waals surface area contributed by atoms with Crippen molar-refractivity contribution in [3.05, 3.63) is 28.6 Å². The number of carbonyl (C=O) groups excluding carboxylic acids is 1. The van der Waals surface area contributed by atoms with Gasteiger partial charge in [0.1, 0.15) is 0 Å². The average Bonchev–Trinajstić information content (AvgIpc) is 2.62. The van der Waals surface area contributed by atoms with Gasteiger partial charge < -0.3 is 0 Å². The Morgan fingerprint density at radius 1 is 1.57 bits per heavy atom. The first-order valence-corrected chi connectivity index (χ1v) is 5.87. The van der Waals surface area contributed by atoms with E-state index in [9.17, 15) is 4.79 Å². The first-order valence-electron chi connectivity index (χ1n) is 4.01. The standard InChI is InChI=1S/C10H7ClOS2/c11-4-7-8(5-12)10-6(1-2-14-10)3-9(7)13/h1-3,5,13H,4H2. The van der Waals surface area contributed by atoms with Gasteiger partial charge in [-0.05, 0) is 28.5 Å². The summed E-state index contributed by atoms with van der Waals surface area (Å²) in [5.74, 6) is 0.320. The van der Waals surface area contributed by atoms with Crippen molar-refractivity contribution in [2.75, 3.05) is 0 Å². The van der Waals surface area contributed by atoms with Crippen LogP contribution in [0, 0.1) is 0 Å². The van der Waals surface area contributed by atoms with Crippen molar-refractivity contribution in [3.8, 4) is 0 Å².